The molecule has 1 N–H and O–H groups in total. The van der Waals surface area contributed by atoms with Crippen LogP contribution in [0.1, 0.15) is 60.3 Å². The second kappa shape index (κ2) is 11.6. The molecular weight excluding hydrogens is 520 g/mol. The largest absolute Gasteiger partial charge is 0.416 e. The summed E-state index contributed by atoms with van der Waals surface area (Å²) in [6.07, 6.45) is -4.41. The van der Waals surface area contributed by atoms with Crippen LogP contribution in [-0.4, -0.2) is 23.3 Å². The fourth-order valence-corrected chi connectivity index (χ4v) is 4.12. The number of carbonyl (C=O) groups is 2. The number of nitrogens with one attached hydrogen (secondary N) is 1. The highest BCUT2D eigenvalue weighted by Gasteiger charge is 2.30. The summed E-state index contributed by atoms with van der Waals surface area (Å²) in [5.74, 6) is -2.25. The van der Waals surface area contributed by atoms with Crippen molar-refractivity contribution in [2.75, 3.05) is 11.9 Å². The molecule has 0 atom stereocenters. The molecule has 0 aliphatic heterocycles. The van der Waals surface area contributed by atoms with Crippen molar-refractivity contribution in [3.8, 4) is 0 Å². The highest BCUT2D eigenvalue weighted by atomic mass is 35.5. The number of anilines is 1. The van der Waals surface area contributed by atoms with E-state index in [0.717, 1.165) is 23.3 Å². The van der Waals surface area contributed by atoms with E-state index >= 15 is 4.39 Å². The zero-order valence-electron chi connectivity index (χ0n) is 21.5. The molecule has 0 aliphatic rings. The van der Waals surface area contributed by atoms with Gasteiger partial charge >= 0.3 is 6.18 Å². The third kappa shape index (κ3) is 7.34. The molecule has 38 heavy (non-hydrogen) atoms. The molecule has 0 bridgehead atoms. The minimum Gasteiger partial charge on any atom is -0.334 e. The number of amides is 2. The van der Waals surface area contributed by atoms with E-state index in [-0.39, 0.29) is 35.6 Å². The van der Waals surface area contributed by atoms with Crippen molar-refractivity contribution in [2.45, 2.75) is 52.3 Å². The van der Waals surface area contributed by atoms with Gasteiger partial charge in [0.1, 0.15) is 5.56 Å². The first kappa shape index (κ1) is 29.2. The molecule has 0 aromatic heterocycles. The summed E-state index contributed by atoms with van der Waals surface area (Å²) in [6, 6.07) is 15.0. The van der Waals surface area contributed by atoms with Crippen LogP contribution in [0.4, 0.5) is 23.2 Å². The molecule has 0 saturated heterocycles. The SMILES string of the molecule is CC(=O)Nc1ccc(Cl)c(F)c1C(=O)N(CCc1cccc(C(F)(F)F)c1)Cc1ccc(C(C)(C)C)cc1. The van der Waals surface area contributed by atoms with Crippen LogP contribution in [-0.2, 0) is 29.4 Å². The highest BCUT2D eigenvalue weighted by molar-refractivity contribution is 6.31. The lowest BCUT2D eigenvalue weighted by atomic mass is 9.87. The number of carbonyl (C=O) groups excluding carboxylic acids is 2. The Morgan fingerprint density at radius 3 is 2.16 bits per heavy atom. The first-order valence-corrected chi connectivity index (χ1v) is 12.3. The monoisotopic (exact) mass is 548 g/mol. The van der Waals surface area contributed by atoms with Gasteiger partial charge in [-0.15, -0.1) is 0 Å². The Morgan fingerprint density at radius 1 is 0.921 bits per heavy atom. The molecule has 9 heteroatoms. The number of hydrogen-bond acceptors (Lipinski definition) is 2. The van der Waals surface area contributed by atoms with Gasteiger partial charge in [0.2, 0.25) is 5.91 Å². The summed E-state index contributed by atoms with van der Waals surface area (Å²) in [5.41, 5.74) is 0.860. The van der Waals surface area contributed by atoms with Gasteiger partial charge in [-0.25, -0.2) is 4.39 Å². The van der Waals surface area contributed by atoms with Crippen LogP contribution in [0.15, 0.2) is 60.7 Å². The van der Waals surface area contributed by atoms with Gasteiger partial charge in [-0.1, -0.05) is 74.8 Å². The van der Waals surface area contributed by atoms with Gasteiger partial charge in [-0.05, 0) is 46.7 Å². The Hall–Kier alpha value is -3.39. The molecule has 0 saturated carbocycles. The third-order valence-corrected chi connectivity index (χ3v) is 6.32. The van der Waals surface area contributed by atoms with E-state index in [4.69, 9.17) is 11.6 Å². The molecule has 2 amide bonds. The van der Waals surface area contributed by atoms with Crippen molar-refractivity contribution >= 4 is 29.1 Å². The van der Waals surface area contributed by atoms with Gasteiger partial charge in [0.25, 0.3) is 5.91 Å². The molecule has 3 rings (SSSR count). The molecule has 0 heterocycles. The smallest absolute Gasteiger partial charge is 0.334 e. The zero-order chi connectivity index (χ0) is 28.3. The fourth-order valence-electron chi connectivity index (χ4n) is 3.96. The third-order valence-electron chi connectivity index (χ3n) is 6.02. The summed E-state index contributed by atoms with van der Waals surface area (Å²) in [6.45, 7) is 7.48. The summed E-state index contributed by atoms with van der Waals surface area (Å²) >= 11 is 5.96. The number of benzene rings is 3. The summed E-state index contributed by atoms with van der Waals surface area (Å²) in [4.78, 5) is 26.7. The average Bonchev–Trinajstić information content (AvgIpc) is 2.83. The van der Waals surface area contributed by atoms with Crippen LogP contribution in [0.5, 0.6) is 0 Å². The van der Waals surface area contributed by atoms with E-state index in [1.807, 2.05) is 24.3 Å². The predicted octanol–water partition coefficient (Wildman–Crippen LogP) is 7.64. The van der Waals surface area contributed by atoms with E-state index in [2.05, 4.69) is 26.1 Å². The summed E-state index contributed by atoms with van der Waals surface area (Å²) < 4.78 is 54.7. The fraction of sp³-hybridized carbons (Fsp3) is 0.310. The summed E-state index contributed by atoms with van der Waals surface area (Å²) in [5, 5.41) is 2.16. The zero-order valence-corrected chi connectivity index (χ0v) is 22.3. The van der Waals surface area contributed by atoms with E-state index in [9.17, 15) is 22.8 Å². The predicted molar refractivity (Wildman–Crippen MR) is 141 cm³/mol. The van der Waals surface area contributed by atoms with Crippen molar-refractivity contribution in [1.29, 1.82) is 0 Å². The van der Waals surface area contributed by atoms with E-state index < -0.39 is 34.9 Å². The van der Waals surface area contributed by atoms with Gasteiger partial charge in [-0.3, -0.25) is 9.59 Å². The topological polar surface area (TPSA) is 49.4 Å². The lowest BCUT2D eigenvalue weighted by molar-refractivity contribution is -0.137. The summed E-state index contributed by atoms with van der Waals surface area (Å²) in [7, 11) is 0. The number of rotatable bonds is 7. The molecule has 4 nitrogen and oxygen atoms in total. The van der Waals surface area contributed by atoms with E-state index in [0.29, 0.717) is 5.56 Å². The standard InChI is InChI=1S/C29H29ClF4N2O2/c1-18(37)35-24-13-12-23(30)26(31)25(24)27(38)36(17-20-8-10-21(11-9-20)28(2,3)4)15-14-19-6-5-7-22(16-19)29(32,33)34/h5-13,16H,14-15,17H2,1-4H3,(H,35,37). The Labute approximate surface area is 224 Å². The molecule has 0 unspecified atom stereocenters. The second-order valence-electron chi connectivity index (χ2n) is 10.1. The van der Waals surface area contributed by atoms with Crippen LogP contribution in [0.3, 0.4) is 0 Å². The van der Waals surface area contributed by atoms with E-state index in [1.54, 1.807) is 6.07 Å². The highest BCUT2D eigenvalue weighted by Crippen LogP contribution is 2.31. The van der Waals surface area contributed by atoms with Crippen molar-refractivity contribution in [1.82, 2.24) is 4.90 Å². The normalized spacial score (nSPS) is 11.8. The Bertz CT molecular complexity index is 1320. The quantitative estimate of drug-likeness (QED) is 0.308. The lowest BCUT2D eigenvalue weighted by Crippen LogP contribution is -2.34. The van der Waals surface area contributed by atoms with Crippen LogP contribution in [0.2, 0.25) is 5.02 Å². The van der Waals surface area contributed by atoms with Gasteiger partial charge < -0.3 is 10.2 Å². The molecular formula is C29H29ClF4N2O2. The molecule has 202 valence electrons. The number of nitrogens with zero attached hydrogens (tertiary/aromatic N) is 1. The molecule has 3 aromatic carbocycles. The first-order chi connectivity index (χ1) is 17.7. The lowest BCUT2D eigenvalue weighted by Gasteiger charge is -2.26. The molecule has 0 aliphatic carbocycles. The van der Waals surface area contributed by atoms with Crippen molar-refractivity contribution in [2.24, 2.45) is 0 Å². The molecule has 0 fully saturated rings. The second-order valence-corrected chi connectivity index (χ2v) is 10.5. The number of hydrogen-bond donors (Lipinski definition) is 1. The van der Waals surface area contributed by atoms with Gasteiger partial charge in [0.05, 0.1) is 16.3 Å². The molecule has 0 spiro atoms. The first-order valence-electron chi connectivity index (χ1n) is 12.0. The van der Waals surface area contributed by atoms with Crippen LogP contribution in [0.25, 0.3) is 0 Å². The van der Waals surface area contributed by atoms with E-state index in [1.165, 1.54) is 30.0 Å². The van der Waals surface area contributed by atoms with Crippen LogP contribution >= 0.6 is 11.6 Å². The molecule has 3 aromatic rings. The minimum atomic E-state index is -4.50. The van der Waals surface area contributed by atoms with Gasteiger partial charge in [0, 0.05) is 20.0 Å². The van der Waals surface area contributed by atoms with Crippen LogP contribution < -0.4 is 5.32 Å². The van der Waals surface area contributed by atoms with Crippen LogP contribution in [0, 0.1) is 5.82 Å². The Balaban J connectivity index is 1.98. The van der Waals surface area contributed by atoms with Crippen molar-refractivity contribution in [3.05, 3.63) is 99.3 Å². The number of alkyl halides is 3. The maximum Gasteiger partial charge on any atom is 0.416 e. The maximum atomic E-state index is 15.1. The van der Waals surface area contributed by atoms with Gasteiger partial charge in [-0.2, -0.15) is 13.2 Å². The number of halogens is 5. The maximum absolute atomic E-state index is 15.1. The Kier molecular flexibility index (Phi) is 8.87. The molecule has 0 radical (unpaired) electrons. The Morgan fingerprint density at radius 2 is 1.58 bits per heavy atom. The average molecular weight is 549 g/mol. The van der Waals surface area contributed by atoms with Gasteiger partial charge in [0.15, 0.2) is 5.82 Å². The minimum absolute atomic E-state index is 0.00731. The van der Waals surface area contributed by atoms with Crippen molar-refractivity contribution in [3.63, 3.8) is 0 Å². The van der Waals surface area contributed by atoms with Crippen molar-refractivity contribution < 1.29 is 27.2 Å².